The number of fused-ring (bicyclic) bond motifs is 12. The maximum atomic E-state index is 6.64. The highest BCUT2D eigenvalue weighted by Gasteiger charge is 2.38. The summed E-state index contributed by atoms with van der Waals surface area (Å²) < 4.78 is 6.64. The van der Waals surface area contributed by atoms with Crippen molar-refractivity contribution in [2.24, 2.45) is 0 Å². The van der Waals surface area contributed by atoms with Crippen LogP contribution in [0, 0.1) is 0 Å². The molecular weight excluding hydrogens is 605 g/mol. The van der Waals surface area contributed by atoms with Gasteiger partial charge in [-0.3, -0.25) is 0 Å². The molecule has 0 radical (unpaired) electrons. The van der Waals surface area contributed by atoms with Crippen LogP contribution >= 0.6 is 0 Å². The molecule has 1 aliphatic rings. The molecule has 0 saturated carbocycles. The van der Waals surface area contributed by atoms with Crippen LogP contribution in [0.25, 0.3) is 98.4 Å². The Bertz CT molecular complexity index is 3000. The van der Waals surface area contributed by atoms with Gasteiger partial charge in [0.1, 0.15) is 11.2 Å². The fourth-order valence-corrected chi connectivity index (χ4v) is 9.15. The molecule has 1 nitrogen and oxygen atoms in total. The molecule has 9 aromatic carbocycles. The topological polar surface area (TPSA) is 13.1 Å². The van der Waals surface area contributed by atoms with Gasteiger partial charge in [-0.1, -0.05) is 153 Å². The minimum absolute atomic E-state index is 0.177. The average Bonchev–Trinajstić information content (AvgIpc) is 3.65. The lowest BCUT2D eigenvalue weighted by Gasteiger charge is -2.23. The van der Waals surface area contributed by atoms with E-state index in [1.54, 1.807) is 0 Å². The highest BCUT2D eigenvalue weighted by molar-refractivity contribution is 6.24. The first-order chi connectivity index (χ1) is 24.6. The van der Waals surface area contributed by atoms with Crippen LogP contribution in [0.3, 0.4) is 0 Å². The van der Waals surface area contributed by atoms with E-state index in [0.29, 0.717) is 0 Å². The highest BCUT2D eigenvalue weighted by Crippen LogP contribution is 2.55. The summed E-state index contributed by atoms with van der Waals surface area (Å²) in [6, 6.07) is 58.1. The molecule has 11 rings (SSSR count). The maximum Gasteiger partial charge on any atom is 0.143 e. The van der Waals surface area contributed by atoms with Gasteiger partial charge < -0.3 is 4.42 Å². The number of hydrogen-bond acceptors (Lipinski definition) is 1. The van der Waals surface area contributed by atoms with E-state index in [4.69, 9.17) is 4.42 Å². The van der Waals surface area contributed by atoms with Crippen molar-refractivity contribution in [3.05, 3.63) is 169 Å². The van der Waals surface area contributed by atoms with Gasteiger partial charge in [-0.2, -0.15) is 0 Å². The quantitative estimate of drug-likeness (QED) is 0.172. The fraction of sp³-hybridized carbons (Fsp3) is 0.0612. The zero-order chi connectivity index (χ0) is 33.1. The zero-order valence-electron chi connectivity index (χ0n) is 27.9. The van der Waals surface area contributed by atoms with Gasteiger partial charge in [0.2, 0.25) is 0 Å². The minimum Gasteiger partial charge on any atom is -0.455 e. The summed E-state index contributed by atoms with van der Waals surface area (Å²) in [6.45, 7) is 4.76. The summed E-state index contributed by atoms with van der Waals surface area (Å²) in [5.41, 5.74) is 12.2. The molecule has 1 aromatic heterocycles. The molecule has 0 amide bonds. The zero-order valence-corrected chi connectivity index (χ0v) is 27.9. The SMILES string of the molecule is CC1(C)c2cc(-c3c4ccccc4c(-c4cccc5ccccc45)c4ccccc34)ccc2-c2c1ccc1oc3c4ccccc4ccc3c21. The van der Waals surface area contributed by atoms with Gasteiger partial charge in [0.25, 0.3) is 0 Å². The minimum atomic E-state index is -0.177. The van der Waals surface area contributed by atoms with Crippen molar-refractivity contribution in [3.63, 3.8) is 0 Å². The molecule has 0 spiro atoms. The molecule has 1 heteroatoms. The predicted molar refractivity (Wildman–Crippen MR) is 212 cm³/mol. The van der Waals surface area contributed by atoms with Crippen LogP contribution in [0.15, 0.2) is 162 Å². The molecule has 234 valence electrons. The first-order valence-electron chi connectivity index (χ1n) is 17.5. The lowest BCUT2D eigenvalue weighted by molar-refractivity contribution is 0.657. The normalized spacial score (nSPS) is 13.6. The maximum absolute atomic E-state index is 6.64. The third-order valence-corrected chi connectivity index (χ3v) is 11.4. The van der Waals surface area contributed by atoms with E-state index in [0.717, 1.165) is 16.6 Å². The van der Waals surface area contributed by atoms with Crippen molar-refractivity contribution in [2.45, 2.75) is 19.3 Å². The molecule has 0 aliphatic heterocycles. The Morgan fingerprint density at radius 1 is 0.400 bits per heavy atom. The molecule has 50 heavy (non-hydrogen) atoms. The molecule has 0 atom stereocenters. The van der Waals surface area contributed by atoms with E-state index in [-0.39, 0.29) is 5.41 Å². The number of benzene rings is 9. The Morgan fingerprint density at radius 2 is 1.00 bits per heavy atom. The van der Waals surface area contributed by atoms with Gasteiger partial charge in [-0.25, -0.2) is 0 Å². The van der Waals surface area contributed by atoms with Crippen LogP contribution in [0.1, 0.15) is 25.0 Å². The van der Waals surface area contributed by atoms with E-state index in [1.165, 1.54) is 93.0 Å². The van der Waals surface area contributed by atoms with Gasteiger partial charge in [0, 0.05) is 21.6 Å². The summed E-state index contributed by atoms with van der Waals surface area (Å²) in [7, 11) is 0. The summed E-state index contributed by atoms with van der Waals surface area (Å²) in [5, 5.41) is 12.4. The largest absolute Gasteiger partial charge is 0.455 e. The van der Waals surface area contributed by atoms with E-state index in [2.05, 4.69) is 172 Å². The van der Waals surface area contributed by atoms with E-state index in [9.17, 15) is 0 Å². The monoisotopic (exact) mass is 636 g/mol. The number of furan rings is 1. The molecule has 10 aromatic rings. The molecule has 0 saturated heterocycles. The summed E-state index contributed by atoms with van der Waals surface area (Å²) in [4.78, 5) is 0. The Kier molecular flexibility index (Phi) is 5.51. The predicted octanol–water partition coefficient (Wildman–Crippen LogP) is 13.8. The second-order valence-corrected chi connectivity index (χ2v) is 14.4. The Balaban J connectivity index is 1.19. The van der Waals surface area contributed by atoms with Crippen LogP contribution in [0.4, 0.5) is 0 Å². The van der Waals surface area contributed by atoms with Crippen LogP contribution in [0.5, 0.6) is 0 Å². The molecule has 0 N–H and O–H groups in total. The van der Waals surface area contributed by atoms with Gasteiger partial charge in [-0.15, -0.1) is 0 Å². The molecule has 0 unspecified atom stereocenters. The van der Waals surface area contributed by atoms with Crippen molar-refractivity contribution in [1.29, 1.82) is 0 Å². The Hall–Kier alpha value is -6.18. The lowest BCUT2D eigenvalue weighted by Crippen LogP contribution is -2.15. The standard InChI is InChI=1S/C49H32O/c1-49(2)41-26-27-43-47(40-25-22-30-13-4-6-16-33(30)48(40)50-43)46(41)39-24-23-31(28-42(39)49)44-35-17-7-9-19-37(35)45(38-20-10-8-18-36(38)44)34-21-11-14-29-12-3-5-15-32(29)34/h3-28H,1-2H3. The fourth-order valence-electron chi connectivity index (χ4n) is 9.15. The van der Waals surface area contributed by atoms with E-state index in [1.807, 2.05) is 0 Å². The third-order valence-electron chi connectivity index (χ3n) is 11.4. The first kappa shape index (κ1) is 27.7. The summed E-state index contributed by atoms with van der Waals surface area (Å²) in [6.07, 6.45) is 0. The van der Waals surface area contributed by atoms with Crippen molar-refractivity contribution < 1.29 is 4.42 Å². The van der Waals surface area contributed by atoms with E-state index < -0.39 is 0 Å². The van der Waals surface area contributed by atoms with Gasteiger partial charge in [0.05, 0.1) is 0 Å². The Labute approximate surface area is 290 Å². The lowest BCUT2D eigenvalue weighted by atomic mass is 9.80. The molecular formula is C49H32O. The van der Waals surface area contributed by atoms with Crippen molar-refractivity contribution in [3.8, 4) is 33.4 Å². The summed E-state index contributed by atoms with van der Waals surface area (Å²) >= 11 is 0. The van der Waals surface area contributed by atoms with Gasteiger partial charge in [0.15, 0.2) is 0 Å². The molecule has 0 fully saturated rings. The highest BCUT2D eigenvalue weighted by atomic mass is 16.3. The first-order valence-corrected chi connectivity index (χ1v) is 17.5. The molecule has 0 bridgehead atoms. The number of hydrogen-bond donors (Lipinski definition) is 0. The Morgan fingerprint density at radius 3 is 1.72 bits per heavy atom. The number of rotatable bonds is 2. The smallest absolute Gasteiger partial charge is 0.143 e. The van der Waals surface area contributed by atoms with Crippen LogP contribution in [-0.4, -0.2) is 0 Å². The van der Waals surface area contributed by atoms with Gasteiger partial charge in [-0.05, 0) is 100 Å². The van der Waals surface area contributed by atoms with E-state index >= 15 is 0 Å². The van der Waals surface area contributed by atoms with Crippen LogP contribution < -0.4 is 0 Å². The van der Waals surface area contributed by atoms with Crippen LogP contribution in [0.2, 0.25) is 0 Å². The average molecular weight is 637 g/mol. The molecule has 1 aliphatic carbocycles. The van der Waals surface area contributed by atoms with Crippen LogP contribution in [-0.2, 0) is 5.41 Å². The van der Waals surface area contributed by atoms with Crippen molar-refractivity contribution in [2.75, 3.05) is 0 Å². The third kappa shape index (κ3) is 3.62. The van der Waals surface area contributed by atoms with Crippen molar-refractivity contribution >= 4 is 65.0 Å². The van der Waals surface area contributed by atoms with Crippen molar-refractivity contribution in [1.82, 2.24) is 0 Å². The molecule has 1 heterocycles. The second kappa shape index (κ2) is 9.94. The van der Waals surface area contributed by atoms with Gasteiger partial charge >= 0.3 is 0 Å². The summed E-state index contributed by atoms with van der Waals surface area (Å²) in [5.74, 6) is 0. The second-order valence-electron chi connectivity index (χ2n) is 14.4.